The Morgan fingerprint density at radius 2 is 1.67 bits per heavy atom. The lowest BCUT2D eigenvalue weighted by Crippen LogP contribution is -2.57. The van der Waals surface area contributed by atoms with E-state index in [9.17, 15) is 25.6 Å². The molecule has 0 radical (unpaired) electrons. The van der Waals surface area contributed by atoms with Gasteiger partial charge in [-0.05, 0) is 24.3 Å². The Bertz CT molecular complexity index is 929. The second-order valence-electron chi connectivity index (χ2n) is 5.38. The average molecular weight is 377 g/mol. The molecule has 2 aromatic rings. The summed E-state index contributed by atoms with van der Waals surface area (Å²) in [5, 5.41) is -0.938. The van der Waals surface area contributed by atoms with Crippen LogP contribution in [0.5, 0.6) is 0 Å². The Morgan fingerprint density at radius 1 is 1.04 bits per heavy atom. The van der Waals surface area contributed by atoms with E-state index in [1.54, 1.807) is 6.07 Å². The smallest absolute Gasteiger partial charge is 0.249 e. The highest BCUT2D eigenvalue weighted by molar-refractivity contribution is 7.92. The van der Waals surface area contributed by atoms with Gasteiger partial charge in [0.2, 0.25) is 10.0 Å². The van der Waals surface area contributed by atoms with Crippen molar-refractivity contribution in [2.24, 2.45) is 0 Å². The maximum Gasteiger partial charge on any atom is 0.249 e. The molecule has 1 aliphatic heterocycles. The second-order valence-corrected chi connectivity index (χ2v) is 9.54. The van der Waals surface area contributed by atoms with Gasteiger partial charge >= 0.3 is 0 Å². The fourth-order valence-electron chi connectivity index (χ4n) is 2.39. The van der Waals surface area contributed by atoms with Gasteiger partial charge in [-0.3, -0.25) is 0 Å². The molecule has 0 unspecified atom stereocenters. The van der Waals surface area contributed by atoms with Gasteiger partial charge in [-0.1, -0.05) is 6.07 Å². The minimum absolute atomic E-state index is 0.247. The van der Waals surface area contributed by atoms with E-state index in [-0.39, 0.29) is 24.6 Å². The summed E-state index contributed by atoms with van der Waals surface area (Å²) in [7, 11) is -8.05. The van der Waals surface area contributed by atoms with Gasteiger partial charge in [0.1, 0.15) is 23.1 Å². The van der Waals surface area contributed by atoms with Crippen LogP contribution in [0.3, 0.4) is 0 Å². The number of nitrogens with zero attached hydrogens (tertiary/aromatic N) is 1. The van der Waals surface area contributed by atoms with E-state index in [1.807, 2.05) is 0 Å². The minimum atomic E-state index is -4.42. The van der Waals surface area contributed by atoms with E-state index in [4.69, 9.17) is 4.42 Å². The number of sulfone groups is 1. The van der Waals surface area contributed by atoms with Crippen molar-refractivity contribution in [1.82, 2.24) is 4.31 Å². The summed E-state index contributed by atoms with van der Waals surface area (Å²) < 4.78 is 82.0. The third kappa shape index (κ3) is 2.96. The SMILES string of the molecule is O=S(=O)(Cc1ccco1)C1CN(S(=O)(=O)c2c(F)cccc2F)C1. The maximum absolute atomic E-state index is 13.7. The third-order valence-electron chi connectivity index (χ3n) is 3.76. The first kappa shape index (κ1) is 17.1. The first-order chi connectivity index (χ1) is 11.2. The predicted octanol–water partition coefficient (Wildman–Crippen LogP) is 1.55. The molecule has 0 N–H and O–H groups in total. The van der Waals surface area contributed by atoms with Crippen LogP contribution >= 0.6 is 0 Å². The molecule has 0 saturated carbocycles. The Hall–Kier alpha value is -1.78. The molecule has 1 fully saturated rings. The largest absolute Gasteiger partial charge is 0.468 e. The van der Waals surface area contributed by atoms with Gasteiger partial charge in [-0.15, -0.1) is 0 Å². The highest BCUT2D eigenvalue weighted by Crippen LogP contribution is 2.29. The van der Waals surface area contributed by atoms with E-state index in [0.29, 0.717) is 0 Å². The third-order valence-corrected chi connectivity index (χ3v) is 7.65. The zero-order chi connectivity index (χ0) is 17.5. The number of benzene rings is 1. The Morgan fingerprint density at radius 3 is 2.21 bits per heavy atom. The summed E-state index contributed by atoms with van der Waals surface area (Å²) in [5.41, 5.74) is 0. The van der Waals surface area contributed by atoms with Gasteiger partial charge in [-0.2, -0.15) is 4.31 Å². The molecule has 1 aromatic carbocycles. The molecule has 1 saturated heterocycles. The summed E-state index contributed by atoms with van der Waals surface area (Å²) in [6.45, 7) is -0.696. The lowest BCUT2D eigenvalue weighted by molar-refractivity contribution is 0.306. The van der Waals surface area contributed by atoms with E-state index >= 15 is 0 Å². The number of hydrogen-bond acceptors (Lipinski definition) is 5. The quantitative estimate of drug-likeness (QED) is 0.789. The van der Waals surface area contributed by atoms with Crippen LogP contribution in [0.2, 0.25) is 0 Å². The predicted molar refractivity (Wildman–Crippen MR) is 80.2 cm³/mol. The summed E-state index contributed by atoms with van der Waals surface area (Å²) in [4.78, 5) is -1.06. The van der Waals surface area contributed by atoms with E-state index in [1.165, 1.54) is 12.3 Å². The van der Waals surface area contributed by atoms with Gasteiger partial charge in [0.15, 0.2) is 14.7 Å². The van der Waals surface area contributed by atoms with Gasteiger partial charge < -0.3 is 4.42 Å². The molecular formula is C14H13F2NO5S2. The number of hydrogen-bond donors (Lipinski definition) is 0. The number of sulfonamides is 1. The molecule has 0 bridgehead atoms. The van der Waals surface area contributed by atoms with Crippen molar-refractivity contribution in [3.8, 4) is 0 Å². The number of furan rings is 1. The molecule has 0 amide bonds. The highest BCUT2D eigenvalue weighted by Gasteiger charge is 2.45. The van der Waals surface area contributed by atoms with E-state index in [2.05, 4.69) is 0 Å². The standard InChI is InChI=1S/C14H13F2NO5S2/c15-12-4-1-5-13(16)14(12)24(20,21)17-7-11(8-17)23(18,19)9-10-3-2-6-22-10/h1-6,11H,7-9H2. The molecule has 0 aliphatic carbocycles. The number of halogens is 2. The van der Waals surface area contributed by atoms with Crippen molar-refractivity contribution in [1.29, 1.82) is 0 Å². The van der Waals surface area contributed by atoms with Crippen LogP contribution in [0.4, 0.5) is 8.78 Å². The summed E-state index contributed by atoms with van der Waals surface area (Å²) in [6, 6.07) is 5.76. The molecule has 2 heterocycles. The fourth-order valence-corrected chi connectivity index (χ4v) is 5.83. The van der Waals surface area contributed by atoms with Crippen molar-refractivity contribution >= 4 is 19.9 Å². The Balaban J connectivity index is 1.76. The zero-order valence-corrected chi connectivity index (χ0v) is 13.9. The molecule has 24 heavy (non-hydrogen) atoms. The van der Waals surface area contributed by atoms with Crippen LogP contribution in [0.15, 0.2) is 45.9 Å². The lowest BCUT2D eigenvalue weighted by atomic mass is 10.3. The summed E-state index contributed by atoms with van der Waals surface area (Å²) in [6.07, 6.45) is 1.34. The van der Waals surface area contributed by atoms with Crippen molar-refractivity contribution in [2.45, 2.75) is 15.9 Å². The highest BCUT2D eigenvalue weighted by atomic mass is 32.2. The fraction of sp³-hybridized carbons (Fsp3) is 0.286. The summed E-state index contributed by atoms with van der Waals surface area (Å²) >= 11 is 0. The van der Waals surface area contributed by atoms with Crippen LogP contribution in [-0.2, 0) is 25.6 Å². The first-order valence-corrected chi connectivity index (χ1v) is 10.1. The first-order valence-electron chi connectivity index (χ1n) is 6.90. The van der Waals surface area contributed by atoms with Gasteiger partial charge in [0.05, 0.1) is 11.5 Å². The van der Waals surface area contributed by atoms with Crippen LogP contribution in [0, 0.1) is 11.6 Å². The molecular weight excluding hydrogens is 364 g/mol. The van der Waals surface area contributed by atoms with Gasteiger partial charge in [0.25, 0.3) is 0 Å². The molecule has 1 aliphatic rings. The molecule has 0 spiro atoms. The van der Waals surface area contributed by atoms with Crippen molar-refractivity contribution < 1.29 is 30.0 Å². The van der Waals surface area contributed by atoms with Gasteiger partial charge in [0, 0.05) is 13.1 Å². The van der Waals surface area contributed by atoms with Crippen LogP contribution < -0.4 is 0 Å². The van der Waals surface area contributed by atoms with Gasteiger partial charge in [-0.25, -0.2) is 25.6 Å². The van der Waals surface area contributed by atoms with E-state index < -0.39 is 41.6 Å². The van der Waals surface area contributed by atoms with Crippen LogP contribution in [0.1, 0.15) is 5.76 Å². The summed E-state index contributed by atoms with van der Waals surface area (Å²) in [5.74, 6) is -2.53. The normalized spacial score (nSPS) is 16.9. The molecule has 1 aromatic heterocycles. The molecule has 6 nitrogen and oxygen atoms in total. The molecule has 130 valence electrons. The van der Waals surface area contributed by atoms with Crippen LogP contribution in [-0.4, -0.2) is 39.5 Å². The molecule has 0 atom stereocenters. The second kappa shape index (κ2) is 5.94. The molecule has 3 rings (SSSR count). The van der Waals surface area contributed by atoms with Crippen molar-refractivity contribution in [3.05, 3.63) is 54.0 Å². The minimum Gasteiger partial charge on any atom is -0.468 e. The monoisotopic (exact) mass is 377 g/mol. The average Bonchev–Trinajstić information content (AvgIpc) is 2.87. The Labute approximate surface area is 137 Å². The van der Waals surface area contributed by atoms with Crippen LogP contribution in [0.25, 0.3) is 0 Å². The van der Waals surface area contributed by atoms with Crippen molar-refractivity contribution in [2.75, 3.05) is 13.1 Å². The number of rotatable bonds is 5. The van der Waals surface area contributed by atoms with Crippen molar-refractivity contribution in [3.63, 3.8) is 0 Å². The Kier molecular flexibility index (Phi) is 4.22. The lowest BCUT2D eigenvalue weighted by Gasteiger charge is -2.37. The topological polar surface area (TPSA) is 84.7 Å². The molecule has 10 heteroatoms. The zero-order valence-electron chi connectivity index (χ0n) is 12.2. The maximum atomic E-state index is 13.7. The van der Waals surface area contributed by atoms with E-state index in [0.717, 1.165) is 22.5 Å².